The molecule has 134 valence electrons. The van der Waals surface area contributed by atoms with Gasteiger partial charge in [-0.15, -0.1) is 0 Å². The molecule has 0 spiro atoms. The summed E-state index contributed by atoms with van der Waals surface area (Å²) in [6.45, 7) is 5.89. The third-order valence-electron chi connectivity index (χ3n) is 4.86. The zero-order chi connectivity index (χ0) is 17.9. The molecule has 1 heterocycles. The Labute approximate surface area is 150 Å². The highest BCUT2D eigenvalue weighted by Gasteiger charge is 2.23. The van der Waals surface area contributed by atoms with Crippen LogP contribution in [0.1, 0.15) is 29.7 Å². The Balaban J connectivity index is 1.76. The minimum absolute atomic E-state index is 0.342. The average Bonchev–Trinajstić information content (AvgIpc) is 2.62. The second kappa shape index (κ2) is 7.68. The van der Waals surface area contributed by atoms with E-state index in [0.717, 1.165) is 38.2 Å². The molecule has 1 aliphatic rings. The molecule has 5 heteroatoms. The largest absolute Gasteiger partial charge is 0.314 e. The van der Waals surface area contributed by atoms with Crippen LogP contribution in [0.25, 0.3) is 0 Å². The summed E-state index contributed by atoms with van der Waals surface area (Å²) < 4.78 is 23.2. The highest BCUT2D eigenvalue weighted by atomic mass is 32.2. The van der Waals surface area contributed by atoms with E-state index in [-0.39, 0.29) is 0 Å². The Kier molecular flexibility index (Phi) is 5.57. The minimum atomic E-state index is -3.14. The van der Waals surface area contributed by atoms with Crippen molar-refractivity contribution in [2.45, 2.75) is 30.8 Å². The summed E-state index contributed by atoms with van der Waals surface area (Å²) in [6.07, 6.45) is 2.30. The molecule has 0 amide bonds. The molecular weight excluding hydrogens is 332 g/mol. The summed E-state index contributed by atoms with van der Waals surface area (Å²) in [5, 5.41) is 3.49. The third kappa shape index (κ3) is 4.48. The average molecular weight is 359 g/mol. The van der Waals surface area contributed by atoms with E-state index in [1.165, 1.54) is 17.4 Å². The number of sulfone groups is 1. The van der Waals surface area contributed by atoms with Crippen molar-refractivity contribution in [3.63, 3.8) is 0 Å². The van der Waals surface area contributed by atoms with Crippen LogP contribution in [0.5, 0.6) is 0 Å². The minimum Gasteiger partial charge on any atom is -0.314 e. The summed E-state index contributed by atoms with van der Waals surface area (Å²) in [4.78, 5) is 2.84. The van der Waals surface area contributed by atoms with Gasteiger partial charge in [-0.1, -0.05) is 43.3 Å². The normalized spacial score (nSPS) is 19.0. The maximum Gasteiger partial charge on any atom is 0.175 e. The maximum atomic E-state index is 11.6. The van der Waals surface area contributed by atoms with E-state index >= 15 is 0 Å². The summed E-state index contributed by atoms with van der Waals surface area (Å²) >= 11 is 0. The molecule has 1 atom stereocenters. The zero-order valence-electron chi connectivity index (χ0n) is 14.9. The first-order valence-corrected chi connectivity index (χ1v) is 10.7. The maximum absolute atomic E-state index is 11.6. The molecule has 0 radical (unpaired) electrons. The molecule has 1 aliphatic heterocycles. The molecule has 2 aromatic carbocycles. The predicted molar refractivity (Wildman–Crippen MR) is 101 cm³/mol. The number of hydrogen-bond acceptors (Lipinski definition) is 4. The molecule has 0 bridgehead atoms. The molecule has 1 saturated heterocycles. The van der Waals surface area contributed by atoms with Crippen LogP contribution in [0, 0.1) is 0 Å². The number of hydrogen-bond donors (Lipinski definition) is 1. The second-order valence-corrected chi connectivity index (χ2v) is 8.72. The van der Waals surface area contributed by atoms with Gasteiger partial charge < -0.3 is 5.32 Å². The molecular formula is C20H26N2O2S. The number of rotatable bonds is 5. The molecule has 0 saturated carbocycles. The van der Waals surface area contributed by atoms with E-state index in [2.05, 4.69) is 41.4 Å². The van der Waals surface area contributed by atoms with Gasteiger partial charge in [0.1, 0.15) is 0 Å². The fourth-order valence-corrected chi connectivity index (χ4v) is 3.95. The molecule has 4 nitrogen and oxygen atoms in total. The highest BCUT2D eigenvalue weighted by molar-refractivity contribution is 7.90. The highest BCUT2D eigenvalue weighted by Crippen LogP contribution is 2.25. The van der Waals surface area contributed by atoms with Gasteiger partial charge in [0.2, 0.25) is 0 Å². The van der Waals surface area contributed by atoms with Gasteiger partial charge in [-0.05, 0) is 35.2 Å². The van der Waals surface area contributed by atoms with Crippen molar-refractivity contribution in [2.75, 3.05) is 25.9 Å². The van der Waals surface area contributed by atoms with Crippen LogP contribution in [0.15, 0.2) is 53.4 Å². The van der Waals surface area contributed by atoms with Gasteiger partial charge in [0, 0.05) is 38.5 Å². The van der Waals surface area contributed by atoms with Crippen LogP contribution in [-0.4, -0.2) is 39.2 Å². The lowest BCUT2D eigenvalue weighted by atomic mass is 10.0. The van der Waals surface area contributed by atoms with E-state index in [1.54, 1.807) is 12.1 Å². The number of benzene rings is 2. The molecule has 1 unspecified atom stereocenters. The van der Waals surface area contributed by atoms with Crippen LogP contribution in [0.3, 0.4) is 0 Å². The fraction of sp³-hybridized carbons (Fsp3) is 0.400. The summed E-state index contributed by atoms with van der Waals surface area (Å²) in [7, 11) is -3.14. The van der Waals surface area contributed by atoms with Gasteiger partial charge in [-0.3, -0.25) is 4.90 Å². The zero-order valence-corrected chi connectivity index (χ0v) is 15.7. The van der Waals surface area contributed by atoms with Gasteiger partial charge in [0.25, 0.3) is 0 Å². The molecule has 2 aromatic rings. The molecule has 0 aromatic heterocycles. The Morgan fingerprint density at radius 2 is 1.68 bits per heavy atom. The number of aryl methyl sites for hydroxylation is 1. The Morgan fingerprint density at radius 1 is 1.04 bits per heavy atom. The van der Waals surface area contributed by atoms with E-state index in [1.807, 2.05) is 12.1 Å². The van der Waals surface area contributed by atoms with Crippen LogP contribution < -0.4 is 5.32 Å². The molecule has 25 heavy (non-hydrogen) atoms. The lowest BCUT2D eigenvalue weighted by molar-refractivity contribution is 0.153. The first kappa shape index (κ1) is 18.1. The molecule has 3 rings (SSSR count). The lowest BCUT2D eigenvalue weighted by Crippen LogP contribution is -2.45. The number of piperazine rings is 1. The molecule has 1 N–H and O–H groups in total. The van der Waals surface area contributed by atoms with Crippen LogP contribution in [0.4, 0.5) is 0 Å². The standard InChI is InChI=1S/C20H26N2O2S/c1-3-16-4-8-18(9-5-16)20-14-21-12-13-22(20)15-17-6-10-19(11-7-17)25(2,23)24/h4-11,20-21H,3,12-15H2,1-2H3. The van der Waals surface area contributed by atoms with Gasteiger partial charge in [-0.2, -0.15) is 0 Å². The van der Waals surface area contributed by atoms with Gasteiger partial charge >= 0.3 is 0 Å². The van der Waals surface area contributed by atoms with Crippen molar-refractivity contribution in [1.82, 2.24) is 10.2 Å². The van der Waals surface area contributed by atoms with Crippen molar-refractivity contribution in [1.29, 1.82) is 0 Å². The van der Waals surface area contributed by atoms with E-state index in [4.69, 9.17) is 0 Å². The quantitative estimate of drug-likeness (QED) is 0.893. The predicted octanol–water partition coefficient (Wildman–Crippen LogP) is 2.80. The fourth-order valence-electron chi connectivity index (χ4n) is 3.32. The van der Waals surface area contributed by atoms with Crippen molar-refractivity contribution in [3.8, 4) is 0 Å². The summed E-state index contributed by atoms with van der Waals surface area (Å²) in [5.74, 6) is 0. The van der Waals surface area contributed by atoms with Crippen molar-refractivity contribution in [3.05, 3.63) is 65.2 Å². The summed E-state index contributed by atoms with van der Waals surface area (Å²) in [6, 6.07) is 16.5. The van der Waals surface area contributed by atoms with Gasteiger partial charge in [0.05, 0.1) is 4.90 Å². The first-order chi connectivity index (χ1) is 12.0. The Bertz CT molecular complexity index is 799. The second-order valence-electron chi connectivity index (χ2n) is 6.70. The summed E-state index contributed by atoms with van der Waals surface area (Å²) in [5.41, 5.74) is 3.83. The SMILES string of the molecule is CCc1ccc(C2CNCCN2Cc2ccc(S(C)(=O)=O)cc2)cc1. The van der Waals surface area contributed by atoms with Crippen molar-refractivity contribution in [2.24, 2.45) is 0 Å². The lowest BCUT2D eigenvalue weighted by Gasteiger charge is -2.36. The van der Waals surface area contributed by atoms with Crippen molar-refractivity contribution >= 4 is 9.84 Å². The monoisotopic (exact) mass is 358 g/mol. The Morgan fingerprint density at radius 3 is 2.28 bits per heavy atom. The van der Waals surface area contributed by atoms with Crippen molar-refractivity contribution < 1.29 is 8.42 Å². The van der Waals surface area contributed by atoms with E-state index < -0.39 is 9.84 Å². The van der Waals surface area contributed by atoms with Gasteiger partial charge in [-0.25, -0.2) is 8.42 Å². The van der Waals surface area contributed by atoms with E-state index in [9.17, 15) is 8.42 Å². The first-order valence-electron chi connectivity index (χ1n) is 8.80. The van der Waals surface area contributed by atoms with Crippen LogP contribution in [0.2, 0.25) is 0 Å². The number of nitrogens with zero attached hydrogens (tertiary/aromatic N) is 1. The molecule has 0 aliphatic carbocycles. The van der Waals surface area contributed by atoms with Gasteiger partial charge in [0.15, 0.2) is 9.84 Å². The van der Waals surface area contributed by atoms with E-state index in [0.29, 0.717) is 10.9 Å². The van der Waals surface area contributed by atoms with Crippen LogP contribution >= 0.6 is 0 Å². The van der Waals surface area contributed by atoms with Crippen LogP contribution in [-0.2, 0) is 22.8 Å². The molecule has 1 fully saturated rings. The third-order valence-corrected chi connectivity index (χ3v) is 5.99. The smallest absolute Gasteiger partial charge is 0.175 e. The number of nitrogens with one attached hydrogen (secondary N) is 1. The topological polar surface area (TPSA) is 49.4 Å². The Hall–Kier alpha value is -1.69.